The maximum atomic E-state index is 12.5. The average molecular weight is 370 g/mol. The van der Waals surface area contributed by atoms with E-state index in [1.807, 2.05) is 20.8 Å². The summed E-state index contributed by atoms with van der Waals surface area (Å²) in [5.41, 5.74) is 1.73. The molecule has 3 aromatic rings. The van der Waals surface area contributed by atoms with Crippen molar-refractivity contribution < 1.29 is 19.1 Å². The third-order valence-corrected chi connectivity index (χ3v) is 4.53. The van der Waals surface area contributed by atoms with Crippen molar-refractivity contribution >= 4 is 17.2 Å². The molecule has 1 amide bonds. The molecule has 0 radical (unpaired) electrons. The fourth-order valence-corrected chi connectivity index (χ4v) is 3.37. The summed E-state index contributed by atoms with van der Waals surface area (Å²) in [6.07, 6.45) is 4.45. The lowest BCUT2D eigenvalue weighted by atomic mass is 10.1. The number of oxazole rings is 1. The summed E-state index contributed by atoms with van der Waals surface area (Å²) in [7, 11) is 0. The zero-order valence-electron chi connectivity index (χ0n) is 15.5. The Balaban J connectivity index is 1.63. The summed E-state index contributed by atoms with van der Waals surface area (Å²) in [6, 6.07) is 3.15. The van der Waals surface area contributed by atoms with Crippen molar-refractivity contribution in [2.75, 3.05) is 6.54 Å². The van der Waals surface area contributed by atoms with Crippen LogP contribution in [0.4, 0.5) is 4.79 Å². The number of aromatic amines is 1. The predicted molar refractivity (Wildman–Crippen MR) is 98.2 cm³/mol. The minimum atomic E-state index is -0.539. The maximum absolute atomic E-state index is 12.5. The molecule has 1 saturated heterocycles. The molecule has 0 saturated carbocycles. The molecule has 1 aliphatic heterocycles. The maximum Gasteiger partial charge on any atom is 0.410 e. The zero-order valence-corrected chi connectivity index (χ0v) is 15.5. The Labute approximate surface area is 156 Å². The van der Waals surface area contributed by atoms with Crippen molar-refractivity contribution in [2.45, 2.75) is 45.3 Å². The molecule has 8 heteroatoms. The first-order valence-electron chi connectivity index (χ1n) is 8.94. The van der Waals surface area contributed by atoms with Crippen LogP contribution in [0.1, 0.15) is 45.5 Å². The summed E-state index contributed by atoms with van der Waals surface area (Å²) < 4.78 is 10.9. The normalized spacial score (nSPS) is 17.6. The molecule has 1 fully saturated rings. The number of benzene rings is 1. The van der Waals surface area contributed by atoms with Crippen LogP contribution in [0.15, 0.2) is 29.1 Å². The van der Waals surface area contributed by atoms with Gasteiger partial charge in [0.2, 0.25) is 0 Å². The Kier molecular flexibility index (Phi) is 4.05. The first kappa shape index (κ1) is 17.4. The minimum Gasteiger partial charge on any atom is -0.506 e. The summed E-state index contributed by atoms with van der Waals surface area (Å²) in [4.78, 5) is 26.1. The molecule has 1 aliphatic rings. The van der Waals surface area contributed by atoms with E-state index in [0.717, 1.165) is 18.4 Å². The number of nitrogens with zero attached hydrogens (tertiary/aromatic N) is 3. The minimum absolute atomic E-state index is 0.0603. The lowest BCUT2D eigenvalue weighted by Gasteiger charge is -2.27. The van der Waals surface area contributed by atoms with E-state index in [-0.39, 0.29) is 17.9 Å². The van der Waals surface area contributed by atoms with Gasteiger partial charge in [0.25, 0.3) is 0 Å². The van der Waals surface area contributed by atoms with Gasteiger partial charge >= 0.3 is 6.09 Å². The molecule has 142 valence electrons. The number of aromatic hydroxyl groups is 1. The van der Waals surface area contributed by atoms with Gasteiger partial charge in [0.05, 0.1) is 11.7 Å². The first-order valence-corrected chi connectivity index (χ1v) is 8.94. The molecule has 1 atom stereocenters. The van der Waals surface area contributed by atoms with E-state index in [1.54, 1.807) is 23.2 Å². The fraction of sp³-hybridized carbons (Fsp3) is 0.421. The topological polar surface area (TPSA) is 104 Å². The van der Waals surface area contributed by atoms with Crippen LogP contribution in [0.3, 0.4) is 0 Å². The number of carbonyl (C=O) groups is 1. The molecule has 0 bridgehead atoms. The van der Waals surface area contributed by atoms with Gasteiger partial charge in [-0.1, -0.05) is 0 Å². The Morgan fingerprint density at radius 3 is 3.00 bits per heavy atom. The van der Waals surface area contributed by atoms with E-state index in [1.165, 1.54) is 6.39 Å². The summed E-state index contributed by atoms with van der Waals surface area (Å²) in [5, 5.41) is 9.89. The number of aromatic nitrogens is 3. The summed E-state index contributed by atoms with van der Waals surface area (Å²) in [6.45, 7) is 6.21. The number of hydrogen-bond donors (Lipinski definition) is 2. The standard InChI is InChI=1S/C19H22N4O4/c1-19(2,3)27-18(25)23-8-4-5-13(23)17-20-9-12(22-17)11-6-7-14(24)15-16(11)26-10-21-15/h6-7,9-10,13,24H,4-5,8H2,1-3H3,(H,20,22)/t13-/m0/s1. The van der Waals surface area contributed by atoms with Crippen LogP contribution in [0.5, 0.6) is 5.75 Å². The van der Waals surface area contributed by atoms with Gasteiger partial charge in [-0.2, -0.15) is 0 Å². The van der Waals surface area contributed by atoms with Crippen LogP contribution in [0, 0.1) is 0 Å². The van der Waals surface area contributed by atoms with Crippen molar-refractivity contribution in [1.82, 2.24) is 19.9 Å². The van der Waals surface area contributed by atoms with Crippen molar-refractivity contribution in [1.29, 1.82) is 0 Å². The lowest BCUT2D eigenvalue weighted by molar-refractivity contribution is 0.0218. The van der Waals surface area contributed by atoms with Gasteiger partial charge in [0.1, 0.15) is 17.2 Å². The molecular formula is C19H22N4O4. The number of likely N-dealkylation sites (tertiary alicyclic amines) is 1. The van der Waals surface area contributed by atoms with Crippen LogP contribution < -0.4 is 0 Å². The number of fused-ring (bicyclic) bond motifs is 1. The van der Waals surface area contributed by atoms with Gasteiger partial charge in [0.15, 0.2) is 17.5 Å². The van der Waals surface area contributed by atoms with E-state index < -0.39 is 5.60 Å². The van der Waals surface area contributed by atoms with Crippen LogP contribution in [0.2, 0.25) is 0 Å². The third-order valence-electron chi connectivity index (χ3n) is 4.53. The number of imidazole rings is 1. The van der Waals surface area contributed by atoms with Gasteiger partial charge in [-0.15, -0.1) is 0 Å². The average Bonchev–Trinajstić information content (AvgIpc) is 3.33. The van der Waals surface area contributed by atoms with Crippen molar-refractivity contribution in [3.63, 3.8) is 0 Å². The number of rotatable bonds is 2. The fourth-order valence-electron chi connectivity index (χ4n) is 3.37. The Morgan fingerprint density at radius 2 is 2.22 bits per heavy atom. The number of phenolic OH excluding ortho intramolecular Hbond substituents is 1. The van der Waals surface area contributed by atoms with Crippen LogP contribution in [-0.4, -0.2) is 43.2 Å². The van der Waals surface area contributed by atoms with E-state index in [9.17, 15) is 9.90 Å². The highest BCUT2D eigenvalue weighted by Crippen LogP contribution is 2.35. The number of phenols is 1. The van der Waals surface area contributed by atoms with Gasteiger partial charge in [-0.05, 0) is 45.7 Å². The highest BCUT2D eigenvalue weighted by molar-refractivity contribution is 5.92. The monoisotopic (exact) mass is 370 g/mol. The van der Waals surface area contributed by atoms with Crippen molar-refractivity contribution in [2.24, 2.45) is 0 Å². The molecule has 0 unspecified atom stereocenters. The smallest absolute Gasteiger partial charge is 0.410 e. The number of amides is 1. The van der Waals surface area contributed by atoms with E-state index in [0.29, 0.717) is 29.2 Å². The molecule has 3 heterocycles. The Hall–Kier alpha value is -3.03. The Bertz CT molecular complexity index is 985. The molecule has 2 aromatic heterocycles. The van der Waals surface area contributed by atoms with Crippen LogP contribution in [-0.2, 0) is 4.74 Å². The Morgan fingerprint density at radius 1 is 1.41 bits per heavy atom. The van der Waals surface area contributed by atoms with E-state index >= 15 is 0 Å². The molecule has 27 heavy (non-hydrogen) atoms. The van der Waals surface area contributed by atoms with Gasteiger partial charge < -0.3 is 19.2 Å². The van der Waals surface area contributed by atoms with E-state index in [2.05, 4.69) is 15.0 Å². The van der Waals surface area contributed by atoms with E-state index in [4.69, 9.17) is 9.15 Å². The molecule has 2 N–H and O–H groups in total. The van der Waals surface area contributed by atoms with Gasteiger partial charge in [-0.25, -0.2) is 14.8 Å². The second-order valence-electron chi connectivity index (χ2n) is 7.67. The number of nitrogens with one attached hydrogen (secondary N) is 1. The summed E-state index contributed by atoms with van der Waals surface area (Å²) >= 11 is 0. The van der Waals surface area contributed by atoms with Crippen molar-refractivity contribution in [3.05, 3.63) is 30.5 Å². The molecule has 8 nitrogen and oxygen atoms in total. The SMILES string of the molecule is CC(C)(C)OC(=O)N1CCC[C@H]1c1nc(-c2ccc(O)c3ncoc23)c[nH]1. The lowest BCUT2D eigenvalue weighted by Crippen LogP contribution is -2.36. The van der Waals surface area contributed by atoms with Crippen LogP contribution >= 0.6 is 0 Å². The zero-order chi connectivity index (χ0) is 19.2. The largest absolute Gasteiger partial charge is 0.506 e. The highest BCUT2D eigenvalue weighted by atomic mass is 16.6. The third kappa shape index (κ3) is 3.22. The quantitative estimate of drug-likeness (QED) is 0.706. The first-order chi connectivity index (χ1) is 12.8. The van der Waals surface area contributed by atoms with Gasteiger partial charge in [0, 0.05) is 18.3 Å². The van der Waals surface area contributed by atoms with Gasteiger partial charge in [-0.3, -0.25) is 4.90 Å². The molecule has 0 aliphatic carbocycles. The molecular weight excluding hydrogens is 348 g/mol. The predicted octanol–water partition coefficient (Wildman–Crippen LogP) is 4.00. The number of hydrogen-bond acceptors (Lipinski definition) is 6. The summed E-state index contributed by atoms with van der Waals surface area (Å²) in [5.74, 6) is 0.763. The second kappa shape index (κ2) is 6.29. The number of ether oxygens (including phenoxy) is 1. The molecule has 0 spiro atoms. The van der Waals surface area contributed by atoms with Crippen molar-refractivity contribution in [3.8, 4) is 17.0 Å². The highest BCUT2D eigenvalue weighted by Gasteiger charge is 2.35. The molecule has 4 rings (SSSR count). The van der Waals surface area contributed by atoms with Crippen LogP contribution in [0.25, 0.3) is 22.4 Å². The molecule has 1 aromatic carbocycles. The second-order valence-corrected chi connectivity index (χ2v) is 7.67. The number of carbonyl (C=O) groups excluding carboxylic acids is 1. The number of H-pyrrole nitrogens is 1.